The topological polar surface area (TPSA) is 38.2 Å². The van der Waals surface area contributed by atoms with Crippen molar-refractivity contribution in [2.24, 2.45) is 0 Å². The minimum Gasteiger partial charge on any atom is -0.489 e. The van der Waals surface area contributed by atoms with Crippen molar-refractivity contribution in [3.63, 3.8) is 0 Å². The molecule has 4 rings (SSSR count). The highest BCUT2D eigenvalue weighted by atomic mass is 16.5. The van der Waals surface area contributed by atoms with Gasteiger partial charge in [0, 0.05) is 24.5 Å². The van der Waals surface area contributed by atoms with Gasteiger partial charge < -0.3 is 9.64 Å². The lowest BCUT2D eigenvalue weighted by Gasteiger charge is -2.19. The van der Waals surface area contributed by atoms with Gasteiger partial charge in [-0.1, -0.05) is 30.3 Å². The lowest BCUT2D eigenvalue weighted by molar-refractivity contribution is 0.306. The smallest absolute Gasteiger partial charge is 0.140 e. The Balaban J connectivity index is 1.63. The van der Waals surface area contributed by atoms with E-state index in [9.17, 15) is 0 Å². The van der Waals surface area contributed by atoms with Crippen LogP contribution in [0.5, 0.6) is 5.75 Å². The summed E-state index contributed by atoms with van der Waals surface area (Å²) < 4.78 is 5.93. The number of hydrogen-bond acceptors (Lipinski definition) is 4. The zero-order chi connectivity index (χ0) is 16.4. The molecule has 4 heteroatoms. The van der Waals surface area contributed by atoms with Gasteiger partial charge in [0.1, 0.15) is 24.0 Å². The molecule has 0 N–H and O–H groups in total. The van der Waals surface area contributed by atoms with Gasteiger partial charge >= 0.3 is 0 Å². The van der Waals surface area contributed by atoms with Crippen molar-refractivity contribution in [1.82, 2.24) is 9.97 Å². The number of anilines is 1. The van der Waals surface area contributed by atoms with E-state index in [-0.39, 0.29) is 0 Å². The van der Waals surface area contributed by atoms with Gasteiger partial charge in [-0.05, 0) is 37.5 Å². The number of fused-ring (bicyclic) bond motifs is 1. The highest BCUT2D eigenvalue weighted by Crippen LogP contribution is 2.29. The largest absolute Gasteiger partial charge is 0.489 e. The van der Waals surface area contributed by atoms with Crippen molar-refractivity contribution in [3.8, 4) is 5.75 Å². The molecule has 0 atom stereocenters. The molecule has 0 radical (unpaired) electrons. The molecule has 0 saturated carbocycles. The fourth-order valence-corrected chi connectivity index (χ4v) is 3.21. The Morgan fingerprint density at radius 2 is 1.79 bits per heavy atom. The van der Waals surface area contributed by atoms with Gasteiger partial charge in [0.25, 0.3) is 0 Å². The van der Waals surface area contributed by atoms with Crippen molar-refractivity contribution >= 4 is 16.7 Å². The van der Waals surface area contributed by atoms with E-state index in [1.165, 1.54) is 12.8 Å². The van der Waals surface area contributed by atoms with E-state index in [1.807, 2.05) is 37.3 Å². The Labute approximate surface area is 142 Å². The predicted octanol–water partition coefficient (Wildman–Crippen LogP) is 4.12. The van der Waals surface area contributed by atoms with Crippen molar-refractivity contribution < 1.29 is 4.74 Å². The van der Waals surface area contributed by atoms with Crippen LogP contribution in [0.25, 0.3) is 10.9 Å². The lowest BCUT2D eigenvalue weighted by Crippen LogP contribution is -2.20. The first-order valence-electron chi connectivity index (χ1n) is 8.50. The molecule has 0 bridgehead atoms. The maximum Gasteiger partial charge on any atom is 0.140 e. The van der Waals surface area contributed by atoms with E-state index >= 15 is 0 Å². The number of rotatable bonds is 4. The summed E-state index contributed by atoms with van der Waals surface area (Å²) >= 11 is 0. The van der Waals surface area contributed by atoms with Crippen LogP contribution in [-0.2, 0) is 6.61 Å². The van der Waals surface area contributed by atoms with Crippen molar-refractivity contribution in [2.75, 3.05) is 18.0 Å². The molecule has 0 aliphatic carbocycles. The van der Waals surface area contributed by atoms with E-state index in [2.05, 4.69) is 33.1 Å². The third-order valence-corrected chi connectivity index (χ3v) is 4.41. The third kappa shape index (κ3) is 3.04. The Hall–Kier alpha value is -2.62. The van der Waals surface area contributed by atoms with Gasteiger partial charge in [-0.15, -0.1) is 0 Å². The van der Waals surface area contributed by atoms with Crippen LogP contribution in [-0.4, -0.2) is 23.1 Å². The molecule has 2 aromatic carbocycles. The molecule has 1 aliphatic heterocycles. The van der Waals surface area contributed by atoms with Crippen LogP contribution in [0.1, 0.15) is 24.2 Å². The molecule has 1 aliphatic rings. The van der Waals surface area contributed by atoms with E-state index in [1.54, 1.807) is 0 Å². The molecule has 1 saturated heterocycles. The zero-order valence-electron chi connectivity index (χ0n) is 13.9. The first-order valence-corrected chi connectivity index (χ1v) is 8.50. The Morgan fingerprint density at radius 1 is 1.00 bits per heavy atom. The standard InChI is InChI=1S/C20H21N3O/c1-15-21-19-13-17(24-14-16-7-3-2-4-8-16)9-10-18(19)20(22-15)23-11-5-6-12-23/h2-4,7-10,13H,5-6,11-12,14H2,1H3. The second kappa shape index (κ2) is 6.48. The summed E-state index contributed by atoms with van der Waals surface area (Å²) in [7, 11) is 0. The number of benzene rings is 2. The minimum atomic E-state index is 0.565. The number of nitrogens with zero attached hydrogens (tertiary/aromatic N) is 3. The monoisotopic (exact) mass is 319 g/mol. The second-order valence-electron chi connectivity index (χ2n) is 6.24. The van der Waals surface area contributed by atoms with E-state index in [0.29, 0.717) is 6.61 Å². The van der Waals surface area contributed by atoms with Crippen LogP contribution in [0, 0.1) is 6.92 Å². The highest BCUT2D eigenvalue weighted by molar-refractivity contribution is 5.90. The molecule has 1 aromatic heterocycles. The minimum absolute atomic E-state index is 0.565. The van der Waals surface area contributed by atoms with Gasteiger partial charge in [-0.2, -0.15) is 0 Å². The molecule has 0 spiro atoms. The number of ether oxygens (including phenoxy) is 1. The SMILES string of the molecule is Cc1nc(N2CCCC2)c2ccc(OCc3ccccc3)cc2n1. The summed E-state index contributed by atoms with van der Waals surface area (Å²) in [5.41, 5.74) is 2.11. The van der Waals surface area contributed by atoms with E-state index < -0.39 is 0 Å². The average molecular weight is 319 g/mol. The second-order valence-corrected chi connectivity index (χ2v) is 6.24. The Bertz CT molecular complexity index is 842. The van der Waals surface area contributed by atoms with Crippen LogP contribution in [0.4, 0.5) is 5.82 Å². The number of hydrogen-bond donors (Lipinski definition) is 0. The number of aryl methyl sites for hydroxylation is 1. The summed E-state index contributed by atoms with van der Waals surface area (Å²) in [6.07, 6.45) is 2.48. The molecule has 0 amide bonds. The van der Waals surface area contributed by atoms with Gasteiger partial charge in [0.05, 0.1) is 5.52 Å². The summed E-state index contributed by atoms with van der Waals surface area (Å²) in [5, 5.41) is 1.11. The Morgan fingerprint density at radius 3 is 2.58 bits per heavy atom. The van der Waals surface area contributed by atoms with Crippen LogP contribution < -0.4 is 9.64 Å². The van der Waals surface area contributed by atoms with Gasteiger partial charge in [-0.3, -0.25) is 0 Å². The molecule has 2 heterocycles. The number of aromatic nitrogens is 2. The molecule has 24 heavy (non-hydrogen) atoms. The Kier molecular flexibility index (Phi) is 4.03. The van der Waals surface area contributed by atoms with Crippen LogP contribution in [0.3, 0.4) is 0 Å². The van der Waals surface area contributed by atoms with Crippen molar-refractivity contribution in [3.05, 3.63) is 59.9 Å². The summed E-state index contributed by atoms with van der Waals surface area (Å²) in [6.45, 7) is 4.68. The van der Waals surface area contributed by atoms with Crippen LogP contribution >= 0.6 is 0 Å². The molecule has 122 valence electrons. The lowest BCUT2D eigenvalue weighted by atomic mass is 10.2. The molecule has 0 unspecified atom stereocenters. The van der Waals surface area contributed by atoms with Gasteiger partial charge in [0.15, 0.2) is 0 Å². The fraction of sp³-hybridized carbons (Fsp3) is 0.300. The predicted molar refractivity (Wildman–Crippen MR) is 96.5 cm³/mol. The maximum absolute atomic E-state index is 5.93. The highest BCUT2D eigenvalue weighted by Gasteiger charge is 2.17. The third-order valence-electron chi connectivity index (χ3n) is 4.41. The van der Waals surface area contributed by atoms with E-state index in [0.717, 1.165) is 46.9 Å². The average Bonchev–Trinajstić information content (AvgIpc) is 3.14. The van der Waals surface area contributed by atoms with Crippen LogP contribution in [0.2, 0.25) is 0 Å². The summed E-state index contributed by atoms with van der Waals surface area (Å²) in [4.78, 5) is 11.6. The van der Waals surface area contributed by atoms with Crippen molar-refractivity contribution in [2.45, 2.75) is 26.4 Å². The molecular formula is C20H21N3O. The van der Waals surface area contributed by atoms with Gasteiger partial charge in [-0.25, -0.2) is 9.97 Å². The zero-order valence-corrected chi connectivity index (χ0v) is 13.9. The van der Waals surface area contributed by atoms with Gasteiger partial charge in [0.2, 0.25) is 0 Å². The first kappa shape index (κ1) is 14.9. The van der Waals surface area contributed by atoms with Crippen LogP contribution in [0.15, 0.2) is 48.5 Å². The maximum atomic E-state index is 5.93. The first-order chi connectivity index (χ1) is 11.8. The van der Waals surface area contributed by atoms with E-state index in [4.69, 9.17) is 4.74 Å². The summed E-state index contributed by atoms with van der Waals surface area (Å²) in [6, 6.07) is 16.3. The fourth-order valence-electron chi connectivity index (χ4n) is 3.21. The normalized spacial score (nSPS) is 14.3. The molecule has 3 aromatic rings. The molecular weight excluding hydrogens is 298 g/mol. The van der Waals surface area contributed by atoms with Crippen molar-refractivity contribution in [1.29, 1.82) is 0 Å². The molecule has 1 fully saturated rings. The quantitative estimate of drug-likeness (QED) is 0.725. The molecule has 4 nitrogen and oxygen atoms in total. The summed E-state index contributed by atoms with van der Waals surface area (Å²) in [5.74, 6) is 2.71.